The van der Waals surface area contributed by atoms with Crippen molar-refractivity contribution in [3.8, 4) is 6.07 Å². The molecule has 2 N–H and O–H groups in total. The third-order valence-electron chi connectivity index (χ3n) is 4.15. The third kappa shape index (κ3) is 6.18. The van der Waals surface area contributed by atoms with Crippen LogP contribution in [0.1, 0.15) is 45.7 Å². The second-order valence-electron chi connectivity index (χ2n) is 7.26. The van der Waals surface area contributed by atoms with Gasteiger partial charge < -0.3 is 15.4 Å². The lowest BCUT2D eigenvalue weighted by Gasteiger charge is -2.26. The average Bonchev–Trinajstić information content (AvgIpc) is 2.66. The molecule has 0 aliphatic heterocycles. The summed E-state index contributed by atoms with van der Waals surface area (Å²) in [6, 6.07) is 8.95. The van der Waals surface area contributed by atoms with Crippen LogP contribution in [-0.2, 0) is 10.9 Å². The Morgan fingerprint density at radius 2 is 1.84 bits per heavy atom. The van der Waals surface area contributed by atoms with Crippen LogP contribution in [0.4, 0.5) is 18.9 Å². The second kappa shape index (κ2) is 9.65. The quantitative estimate of drug-likeness (QED) is 0.520. The third-order valence-corrected chi connectivity index (χ3v) is 5.04. The summed E-state index contributed by atoms with van der Waals surface area (Å²) >= 11 is 1.91. The molecule has 2 aromatic rings. The van der Waals surface area contributed by atoms with Crippen LogP contribution in [-0.4, -0.2) is 31.1 Å². The van der Waals surface area contributed by atoms with Gasteiger partial charge in [-0.1, -0.05) is 6.07 Å². The molecule has 0 bridgehead atoms. The van der Waals surface area contributed by atoms with Crippen molar-refractivity contribution >= 4 is 40.1 Å². The molecular formula is C21H19F3IN3O3. The van der Waals surface area contributed by atoms with Crippen molar-refractivity contribution in [2.45, 2.75) is 25.6 Å². The van der Waals surface area contributed by atoms with Gasteiger partial charge in [0, 0.05) is 16.4 Å². The van der Waals surface area contributed by atoms with E-state index in [1.54, 1.807) is 26.0 Å². The SMILES string of the molecule is COCC(C)(C)NC(=O)c1c(I)cccc1C(=O)Nc1ccc(C#N)c(C(F)(F)F)c1. The average molecular weight is 545 g/mol. The highest BCUT2D eigenvalue weighted by Gasteiger charge is 2.34. The largest absolute Gasteiger partial charge is 0.417 e. The number of alkyl halides is 3. The number of halogens is 4. The molecule has 0 saturated carbocycles. The molecule has 0 saturated heterocycles. The Bertz CT molecular complexity index is 1050. The van der Waals surface area contributed by atoms with E-state index < -0.39 is 34.7 Å². The van der Waals surface area contributed by atoms with Gasteiger partial charge >= 0.3 is 6.18 Å². The first-order chi connectivity index (χ1) is 14.4. The second-order valence-corrected chi connectivity index (χ2v) is 8.42. The fourth-order valence-electron chi connectivity index (χ4n) is 2.86. The summed E-state index contributed by atoms with van der Waals surface area (Å²) < 4.78 is 45.1. The van der Waals surface area contributed by atoms with Gasteiger partial charge in [0.15, 0.2) is 0 Å². The first kappa shape index (κ1) is 24.6. The van der Waals surface area contributed by atoms with E-state index in [0.717, 1.165) is 6.07 Å². The highest BCUT2D eigenvalue weighted by molar-refractivity contribution is 14.1. The summed E-state index contributed by atoms with van der Waals surface area (Å²) in [5, 5.41) is 14.1. The van der Waals surface area contributed by atoms with E-state index >= 15 is 0 Å². The van der Waals surface area contributed by atoms with Crippen LogP contribution in [0.15, 0.2) is 36.4 Å². The van der Waals surface area contributed by atoms with E-state index in [2.05, 4.69) is 10.6 Å². The van der Waals surface area contributed by atoms with Crippen LogP contribution in [0.2, 0.25) is 0 Å². The summed E-state index contributed by atoms with van der Waals surface area (Å²) in [6.45, 7) is 3.73. The lowest BCUT2D eigenvalue weighted by Crippen LogP contribution is -2.47. The van der Waals surface area contributed by atoms with Crippen molar-refractivity contribution in [1.29, 1.82) is 5.26 Å². The Morgan fingerprint density at radius 1 is 1.16 bits per heavy atom. The van der Waals surface area contributed by atoms with Gasteiger partial charge in [-0.25, -0.2) is 0 Å². The lowest BCUT2D eigenvalue weighted by molar-refractivity contribution is -0.137. The summed E-state index contributed by atoms with van der Waals surface area (Å²) in [7, 11) is 1.49. The molecule has 0 heterocycles. The number of amides is 2. The van der Waals surface area contributed by atoms with Gasteiger partial charge in [-0.15, -0.1) is 0 Å². The Kier molecular flexibility index (Phi) is 7.67. The molecular weight excluding hydrogens is 526 g/mol. The molecule has 2 aromatic carbocycles. The molecule has 0 atom stereocenters. The van der Waals surface area contributed by atoms with E-state index in [-0.39, 0.29) is 23.4 Å². The number of carbonyl (C=O) groups excluding carboxylic acids is 2. The topological polar surface area (TPSA) is 91.2 Å². The molecule has 31 heavy (non-hydrogen) atoms. The fourth-order valence-corrected chi connectivity index (χ4v) is 3.61. The van der Waals surface area contributed by atoms with Gasteiger partial charge in [-0.3, -0.25) is 9.59 Å². The number of nitriles is 1. The molecule has 0 aromatic heterocycles. The number of hydrogen-bond acceptors (Lipinski definition) is 4. The van der Waals surface area contributed by atoms with Crippen molar-refractivity contribution < 1.29 is 27.5 Å². The number of anilines is 1. The molecule has 0 radical (unpaired) electrons. The molecule has 164 valence electrons. The minimum absolute atomic E-state index is 0.00413. The molecule has 10 heteroatoms. The fraction of sp³-hybridized carbons (Fsp3) is 0.286. The summed E-state index contributed by atoms with van der Waals surface area (Å²) in [4.78, 5) is 25.7. The predicted molar refractivity (Wildman–Crippen MR) is 117 cm³/mol. The maximum absolute atomic E-state index is 13.2. The van der Waals surface area contributed by atoms with E-state index in [9.17, 15) is 22.8 Å². The highest BCUT2D eigenvalue weighted by Crippen LogP contribution is 2.33. The maximum atomic E-state index is 13.2. The Labute approximate surface area is 190 Å². The molecule has 6 nitrogen and oxygen atoms in total. The zero-order valence-corrected chi connectivity index (χ0v) is 19.0. The molecule has 2 amide bonds. The zero-order chi connectivity index (χ0) is 23.4. The van der Waals surface area contributed by atoms with Crippen LogP contribution < -0.4 is 10.6 Å². The Hall–Kier alpha value is -2.65. The van der Waals surface area contributed by atoms with Crippen molar-refractivity contribution in [3.05, 3.63) is 62.2 Å². The van der Waals surface area contributed by atoms with Crippen LogP contribution in [0.3, 0.4) is 0 Å². The number of hydrogen-bond donors (Lipinski definition) is 2. The minimum Gasteiger partial charge on any atom is -0.382 e. The van der Waals surface area contributed by atoms with Gasteiger partial charge in [0.2, 0.25) is 0 Å². The van der Waals surface area contributed by atoms with Crippen molar-refractivity contribution in [2.75, 3.05) is 19.0 Å². The smallest absolute Gasteiger partial charge is 0.382 e. The van der Waals surface area contributed by atoms with Crippen LogP contribution >= 0.6 is 22.6 Å². The lowest BCUT2D eigenvalue weighted by atomic mass is 10.0. The molecule has 0 fully saturated rings. The number of rotatable bonds is 6. The molecule has 0 aliphatic rings. The summed E-state index contributed by atoms with van der Waals surface area (Å²) in [6.07, 6.45) is -4.76. The van der Waals surface area contributed by atoms with E-state index in [1.807, 2.05) is 22.6 Å². The Morgan fingerprint density at radius 3 is 2.42 bits per heavy atom. The van der Waals surface area contributed by atoms with Gasteiger partial charge in [-0.05, 0) is 66.8 Å². The molecule has 0 aliphatic carbocycles. The molecule has 0 spiro atoms. The monoisotopic (exact) mass is 545 g/mol. The number of benzene rings is 2. The highest BCUT2D eigenvalue weighted by atomic mass is 127. The van der Waals surface area contributed by atoms with Crippen LogP contribution in [0.5, 0.6) is 0 Å². The summed E-state index contributed by atoms with van der Waals surface area (Å²) in [5.74, 6) is -1.28. The molecule has 0 unspecified atom stereocenters. The number of nitrogens with zero attached hydrogens (tertiary/aromatic N) is 1. The first-order valence-electron chi connectivity index (χ1n) is 8.92. The maximum Gasteiger partial charge on any atom is 0.417 e. The van der Waals surface area contributed by atoms with E-state index in [0.29, 0.717) is 9.64 Å². The minimum atomic E-state index is -4.76. The molecule has 2 rings (SSSR count). The Balaban J connectivity index is 2.39. The summed E-state index contributed by atoms with van der Waals surface area (Å²) in [5.41, 5.74) is -2.49. The van der Waals surface area contributed by atoms with Gasteiger partial charge in [0.05, 0.1) is 40.5 Å². The van der Waals surface area contributed by atoms with E-state index in [4.69, 9.17) is 10.00 Å². The standard InChI is InChI=1S/C21H19F3IN3O3/c1-20(2,11-31-3)28-19(30)17-14(5-4-6-16(17)25)18(29)27-13-8-7-12(10-26)15(9-13)21(22,23)24/h4-9H,11H2,1-3H3,(H,27,29)(H,28,30). The predicted octanol–water partition coefficient (Wildman–Crippen LogP) is 4.59. The van der Waals surface area contributed by atoms with Gasteiger partial charge in [-0.2, -0.15) is 18.4 Å². The van der Waals surface area contributed by atoms with Crippen molar-refractivity contribution in [1.82, 2.24) is 5.32 Å². The number of ether oxygens (including phenoxy) is 1. The van der Waals surface area contributed by atoms with Gasteiger partial charge in [0.25, 0.3) is 11.8 Å². The first-order valence-corrected chi connectivity index (χ1v) is 10.00. The number of nitrogens with one attached hydrogen (secondary N) is 2. The van der Waals surface area contributed by atoms with Crippen LogP contribution in [0, 0.1) is 14.9 Å². The normalized spacial score (nSPS) is 11.5. The zero-order valence-electron chi connectivity index (χ0n) is 16.9. The van der Waals surface area contributed by atoms with Crippen LogP contribution in [0.25, 0.3) is 0 Å². The van der Waals surface area contributed by atoms with Crippen molar-refractivity contribution in [3.63, 3.8) is 0 Å². The van der Waals surface area contributed by atoms with E-state index in [1.165, 1.54) is 25.3 Å². The number of methoxy groups -OCH3 is 1. The van der Waals surface area contributed by atoms with Crippen molar-refractivity contribution in [2.24, 2.45) is 0 Å². The number of carbonyl (C=O) groups is 2. The van der Waals surface area contributed by atoms with Gasteiger partial charge in [0.1, 0.15) is 0 Å².